The normalized spacial score (nSPS) is 16.0. The molecule has 1 aliphatic heterocycles. The number of fused-ring (bicyclic) bond motifs is 1. The third-order valence-corrected chi connectivity index (χ3v) is 7.00. The molecule has 0 saturated carbocycles. The first-order chi connectivity index (χ1) is 15.7. The summed E-state index contributed by atoms with van der Waals surface area (Å²) in [5, 5.41) is 1.94. The number of nitrogens with one attached hydrogen (secondary N) is 1. The fraction of sp³-hybridized carbons (Fsp3) is 0.125. The number of carbonyl (C=O) groups excluding carboxylic acids is 1. The minimum absolute atomic E-state index is 0.185. The Morgan fingerprint density at radius 3 is 2.72 bits per heavy atom. The zero-order chi connectivity index (χ0) is 22.1. The molecule has 4 aromatic rings. The van der Waals surface area contributed by atoms with Crippen molar-refractivity contribution in [1.82, 2.24) is 9.55 Å². The Morgan fingerprint density at radius 2 is 2.03 bits per heavy atom. The fourth-order valence-corrected chi connectivity index (χ4v) is 5.55. The molecule has 5 rings (SSSR count). The summed E-state index contributed by atoms with van der Waals surface area (Å²) in [5.41, 5.74) is 2.36. The van der Waals surface area contributed by atoms with Crippen LogP contribution in [0, 0.1) is 0 Å². The van der Waals surface area contributed by atoms with Gasteiger partial charge in [-0.2, -0.15) is 0 Å². The van der Waals surface area contributed by atoms with Gasteiger partial charge in [-0.05, 0) is 36.6 Å². The number of carbonyl (C=O) groups is 1. The molecule has 0 aliphatic carbocycles. The summed E-state index contributed by atoms with van der Waals surface area (Å²) in [6, 6.07) is 16.6. The Kier molecular flexibility index (Phi) is 5.46. The molecule has 0 fully saturated rings. The van der Waals surface area contributed by atoms with Crippen LogP contribution in [0.25, 0.3) is 11.8 Å². The number of ether oxygens (including phenoxy) is 1. The number of benzene rings is 1. The van der Waals surface area contributed by atoms with Crippen LogP contribution in [0.4, 0.5) is 0 Å². The van der Waals surface area contributed by atoms with Crippen molar-refractivity contribution in [2.45, 2.75) is 13.0 Å². The number of H-pyrrole nitrogens is 1. The van der Waals surface area contributed by atoms with Crippen molar-refractivity contribution in [1.29, 1.82) is 0 Å². The van der Waals surface area contributed by atoms with Gasteiger partial charge in [0.05, 0.1) is 22.4 Å². The van der Waals surface area contributed by atoms with E-state index in [-0.39, 0.29) is 12.2 Å². The molecule has 1 aliphatic rings. The molecule has 0 radical (unpaired) electrons. The van der Waals surface area contributed by atoms with E-state index in [0.717, 1.165) is 16.1 Å². The molecule has 0 bridgehead atoms. The highest BCUT2D eigenvalue weighted by Crippen LogP contribution is 2.36. The standard InChI is InChI=1S/C24H19N3O3S2/c1-2-30-23(29)19-20(15-8-4-3-5-9-15)26-24-27(21(19)17-11-7-13-31-17)22(28)18(32-24)14-16-10-6-12-25-16/h3-14,21,25H,2H2,1H3/t21-/m0/s1. The average Bonchev–Trinajstić information content (AvgIpc) is 3.57. The highest BCUT2D eigenvalue weighted by Gasteiger charge is 2.35. The van der Waals surface area contributed by atoms with Crippen LogP contribution in [0.3, 0.4) is 0 Å². The van der Waals surface area contributed by atoms with Crippen LogP contribution in [0.15, 0.2) is 81.5 Å². The van der Waals surface area contributed by atoms with E-state index < -0.39 is 12.0 Å². The summed E-state index contributed by atoms with van der Waals surface area (Å²) in [6.07, 6.45) is 3.62. The zero-order valence-corrected chi connectivity index (χ0v) is 18.8. The molecule has 32 heavy (non-hydrogen) atoms. The molecule has 0 amide bonds. The number of hydrogen-bond acceptors (Lipinski definition) is 6. The predicted molar refractivity (Wildman–Crippen MR) is 126 cm³/mol. The molecule has 1 aromatic carbocycles. The molecule has 4 heterocycles. The Labute approximate surface area is 191 Å². The Hall–Kier alpha value is -3.49. The zero-order valence-electron chi connectivity index (χ0n) is 17.1. The van der Waals surface area contributed by atoms with Crippen LogP contribution in [-0.4, -0.2) is 22.1 Å². The summed E-state index contributed by atoms with van der Waals surface area (Å²) in [5.74, 6) is -0.466. The number of rotatable bonds is 5. The van der Waals surface area contributed by atoms with Gasteiger partial charge in [0, 0.05) is 22.3 Å². The van der Waals surface area contributed by atoms with Gasteiger partial charge < -0.3 is 9.72 Å². The molecule has 0 saturated heterocycles. The van der Waals surface area contributed by atoms with Crippen molar-refractivity contribution >= 4 is 40.4 Å². The second kappa shape index (κ2) is 8.57. The van der Waals surface area contributed by atoms with E-state index in [9.17, 15) is 9.59 Å². The van der Waals surface area contributed by atoms with Gasteiger partial charge in [-0.15, -0.1) is 11.3 Å². The first-order valence-electron chi connectivity index (χ1n) is 10.1. The summed E-state index contributed by atoms with van der Waals surface area (Å²) in [4.78, 5) is 36.1. The molecule has 0 unspecified atom stereocenters. The van der Waals surface area contributed by atoms with Gasteiger partial charge >= 0.3 is 5.97 Å². The molecular weight excluding hydrogens is 442 g/mol. The predicted octanol–water partition coefficient (Wildman–Crippen LogP) is 3.33. The number of aromatic amines is 1. The molecule has 160 valence electrons. The van der Waals surface area contributed by atoms with Crippen LogP contribution in [0.5, 0.6) is 0 Å². The van der Waals surface area contributed by atoms with Crippen molar-refractivity contribution < 1.29 is 9.53 Å². The van der Waals surface area contributed by atoms with Gasteiger partial charge in [-0.25, -0.2) is 9.79 Å². The van der Waals surface area contributed by atoms with Crippen molar-refractivity contribution in [3.8, 4) is 0 Å². The summed E-state index contributed by atoms with van der Waals surface area (Å²) in [7, 11) is 0. The second-order valence-electron chi connectivity index (χ2n) is 7.07. The quantitative estimate of drug-likeness (QED) is 0.463. The topological polar surface area (TPSA) is 76.4 Å². The number of thiophene rings is 1. The Bertz CT molecular complexity index is 1460. The molecule has 0 spiro atoms. The smallest absolute Gasteiger partial charge is 0.338 e. The molecule has 8 heteroatoms. The number of thiazole rings is 1. The minimum Gasteiger partial charge on any atom is -0.463 e. The van der Waals surface area contributed by atoms with E-state index in [2.05, 4.69) is 4.98 Å². The SMILES string of the molecule is CCOC(=O)C1=C(c2ccccc2)N=c2sc(=Cc3ccc[nH]3)c(=O)n2[C@H]1c1cccs1. The lowest BCUT2D eigenvalue weighted by atomic mass is 9.97. The molecule has 1 N–H and O–H groups in total. The van der Waals surface area contributed by atoms with Gasteiger partial charge in [-0.1, -0.05) is 47.7 Å². The van der Waals surface area contributed by atoms with Crippen molar-refractivity contribution in [3.05, 3.63) is 108 Å². The van der Waals surface area contributed by atoms with Crippen LogP contribution < -0.4 is 14.9 Å². The van der Waals surface area contributed by atoms with Crippen molar-refractivity contribution in [2.24, 2.45) is 4.99 Å². The summed E-state index contributed by atoms with van der Waals surface area (Å²) >= 11 is 2.81. The summed E-state index contributed by atoms with van der Waals surface area (Å²) in [6.45, 7) is 2.01. The Balaban J connectivity index is 1.83. The number of hydrogen-bond donors (Lipinski definition) is 1. The van der Waals surface area contributed by atoms with Crippen LogP contribution in [0.1, 0.15) is 29.1 Å². The van der Waals surface area contributed by atoms with E-state index in [0.29, 0.717) is 20.6 Å². The van der Waals surface area contributed by atoms with Gasteiger partial charge in [-0.3, -0.25) is 9.36 Å². The van der Waals surface area contributed by atoms with Gasteiger partial charge in [0.1, 0.15) is 6.04 Å². The monoisotopic (exact) mass is 461 g/mol. The lowest BCUT2D eigenvalue weighted by molar-refractivity contribution is -0.138. The molecule has 1 atom stereocenters. The lowest BCUT2D eigenvalue weighted by Crippen LogP contribution is -2.39. The molecule has 6 nitrogen and oxygen atoms in total. The van der Waals surface area contributed by atoms with E-state index in [1.807, 2.05) is 72.3 Å². The minimum atomic E-state index is -0.605. The van der Waals surface area contributed by atoms with Crippen molar-refractivity contribution in [2.75, 3.05) is 6.61 Å². The average molecular weight is 462 g/mol. The van der Waals surface area contributed by atoms with Crippen LogP contribution in [-0.2, 0) is 9.53 Å². The maximum atomic E-state index is 13.5. The van der Waals surface area contributed by atoms with Gasteiger partial charge in [0.15, 0.2) is 4.80 Å². The van der Waals surface area contributed by atoms with E-state index in [1.54, 1.807) is 11.5 Å². The highest BCUT2D eigenvalue weighted by atomic mass is 32.1. The fourth-order valence-electron chi connectivity index (χ4n) is 3.73. The number of nitrogens with zero attached hydrogens (tertiary/aromatic N) is 2. The maximum Gasteiger partial charge on any atom is 0.338 e. The Morgan fingerprint density at radius 1 is 1.19 bits per heavy atom. The molecular formula is C24H19N3O3S2. The third-order valence-electron chi connectivity index (χ3n) is 5.09. The van der Waals surface area contributed by atoms with Crippen LogP contribution >= 0.6 is 22.7 Å². The van der Waals surface area contributed by atoms with E-state index in [4.69, 9.17) is 9.73 Å². The molecule has 3 aromatic heterocycles. The highest BCUT2D eigenvalue weighted by molar-refractivity contribution is 7.10. The van der Waals surface area contributed by atoms with Gasteiger partial charge in [0.25, 0.3) is 5.56 Å². The van der Waals surface area contributed by atoms with E-state index in [1.165, 1.54) is 22.7 Å². The second-order valence-corrected chi connectivity index (χ2v) is 9.06. The number of esters is 1. The number of aromatic nitrogens is 2. The maximum absolute atomic E-state index is 13.5. The van der Waals surface area contributed by atoms with Crippen LogP contribution in [0.2, 0.25) is 0 Å². The van der Waals surface area contributed by atoms with Gasteiger partial charge in [0.2, 0.25) is 0 Å². The third kappa shape index (κ3) is 3.57. The summed E-state index contributed by atoms with van der Waals surface area (Å²) < 4.78 is 7.59. The van der Waals surface area contributed by atoms with E-state index >= 15 is 0 Å². The largest absolute Gasteiger partial charge is 0.463 e. The first-order valence-corrected chi connectivity index (χ1v) is 11.8. The van der Waals surface area contributed by atoms with Crippen molar-refractivity contribution in [3.63, 3.8) is 0 Å². The first kappa shape index (κ1) is 20.4. The lowest BCUT2D eigenvalue weighted by Gasteiger charge is -2.24.